The van der Waals surface area contributed by atoms with Crippen LogP contribution in [0.4, 0.5) is 5.69 Å². The topological polar surface area (TPSA) is 116 Å². The average molecular weight is 697 g/mol. The van der Waals surface area contributed by atoms with Gasteiger partial charge in [-0.2, -0.15) is 0 Å². The normalized spacial score (nSPS) is 22.2. The van der Waals surface area contributed by atoms with E-state index in [1.807, 2.05) is 82.5 Å². The molecule has 5 atom stereocenters. The molecular formula is C39H48N4O6Si. The van der Waals surface area contributed by atoms with Gasteiger partial charge in [-0.05, 0) is 48.6 Å². The summed E-state index contributed by atoms with van der Waals surface area (Å²) in [7, 11) is 0.765. The van der Waals surface area contributed by atoms with Crippen molar-refractivity contribution in [3.8, 4) is 5.75 Å². The minimum atomic E-state index is -2.30. The van der Waals surface area contributed by atoms with Gasteiger partial charge in [0, 0.05) is 37.2 Å². The van der Waals surface area contributed by atoms with Gasteiger partial charge in [0.15, 0.2) is 5.60 Å². The van der Waals surface area contributed by atoms with E-state index in [0.29, 0.717) is 44.5 Å². The molecule has 50 heavy (non-hydrogen) atoms. The summed E-state index contributed by atoms with van der Waals surface area (Å²) in [6.45, 7) is 7.91. The number of aliphatic hydroxyl groups is 1. The molecule has 2 aliphatic heterocycles. The Kier molecular flexibility index (Phi) is 10.6. The van der Waals surface area contributed by atoms with Crippen molar-refractivity contribution in [2.45, 2.75) is 75.4 Å². The number of aromatic nitrogens is 3. The monoisotopic (exact) mass is 696 g/mol. The molecule has 1 N–H and O–H groups in total. The number of fused-ring (bicyclic) bond motifs is 2. The quantitative estimate of drug-likeness (QED) is 0.106. The number of hydrogen-bond acceptors (Lipinski definition) is 8. The Hall–Kier alpha value is -4.32. The fourth-order valence-electron chi connectivity index (χ4n) is 8.30. The number of anilines is 1. The van der Waals surface area contributed by atoms with Crippen LogP contribution in [0, 0.1) is 5.92 Å². The third-order valence-corrected chi connectivity index (χ3v) is 15.3. The zero-order chi connectivity index (χ0) is 35.5. The smallest absolute Gasteiger partial charge is 0.305 e. The highest BCUT2D eigenvalue weighted by Gasteiger charge is 2.66. The van der Waals surface area contributed by atoms with Gasteiger partial charge in [0.1, 0.15) is 5.75 Å². The van der Waals surface area contributed by atoms with E-state index in [-0.39, 0.29) is 42.0 Å². The first-order chi connectivity index (χ1) is 24.1. The molecule has 0 aliphatic carbocycles. The van der Waals surface area contributed by atoms with Crippen molar-refractivity contribution >= 4 is 30.8 Å². The van der Waals surface area contributed by atoms with E-state index < -0.39 is 13.7 Å². The van der Waals surface area contributed by atoms with E-state index in [0.717, 1.165) is 22.6 Å². The van der Waals surface area contributed by atoms with Crippen LogP contribution >= 0.6 is 0 Å². The summed E-state index contributed by atoms with van der Waals surface area (Å²) in [4.78, 5) is 28.4. The predicted molar refractivity (Wildman–Crippen MR) is 194 cm³/mol. The van der Waals surface area contributed by atoms with Crippen LogP contribution in [0.5, 0.6) is 5.75 Å². The summed E-state index contributed by atoms with van der Waals surface area (Å²) in [6, 6.07) is 26.2. The second-order valence-corrected chi connectivity index (χ2v) is 18.7. The van der Waals surface area contributed by atoms with Crippen LogP contribution in [-0.2, 0) is 31.2 Å². The number of aryl methyl sites for hydroxylation is 1. The Morgan fingerprint density at radius 2 is 1.72 bits per heavy atom. The summed E-state index contributed by atoms with van der Waals surface area (Å²) in [5.74, 6) is 0.145. The molecule has 1 aromatic heterocycles. The lowest BCUT2D eigenvalue weighted by Crippen LogP contribution is -2.52. The molecule has 1 amide bonds. The Morgan fingerprint density at radius 3 is 2.42 bits per heavy atom. The Bertz CT molecular complexity index is 1780. The van der Waals surface area contributed by atoms with Crippen molar-refractivity contribution < 1.29 is 28.9 Å². The average Bonchev–Trinajstić information content (AvgIpc) is 3.80. The molecule has 2 aliphatic rings. The molecule has 3 heterocycles. The molecule has 1 unspecified atom stereocenters. The first-order valence-corrected chi connectivity index (χ1v) is 20.6. The number of rotatable bonds is 14. The summed E-state index contributed by atoms with van der Waals surface area (Å²) in [6.07, 6.45) is 3.93. The fraction of sp³-hybridized carbons (Fsp3) is 0.436. The SMILES string of the molecule is COC(=O)CCCCN1C(=O)[C@]2(O[C@H](CCn3cc(C(CO)c4ccccc4)nn3)[C@@H]([Si](C)(C)c3ccc(OC)cc3)[C@@H]2C)c2ccccc21. The standard InChI is InChI=1S/C39H48N4O6Si/c1-27-37(50(4,5)30-20-18-29(47-2)19-21-30)35(22-24-42-25-33(40-41-42)31(26-44)28-13-7-6-8-14-28)49-39(27)32-15-9-10-16-34(32)43(38(39)46)23-12-11-17-36(45)48-3/h6-10,13-16,18-21,25,27,31,35,37,44H,11-12,17,22-24,26H2,1-5H3/t27-,31?,35+,37-,39+/m0/s1. The highest BCUT2D eigenvalue weighted by Crippen LogP contribution is 2.60. The second kappa shape index (κ2) is 14.9. The lowest BCUT2D eigenvalue weighted by atomic mass is 9.82. The number of nitrogens with zero attached hydrogens (tertiary/aromatic N) is 4. The number of benzene rings is 3. The number of aliphatic hydroxyl groups excluding tert-OH is 1. The summed E-state index contributed by atoms with van der Waals surface area (Å²) < 4.78 is 19.4. The van der Waals surface area contributed by atoms with Crippen LogP contribution in [0.3, 0.4) is 0 Å². The third kappa shape index (κ3) is 6.49. The van der Waals surface area contributed by atoms with Crippen molar-refractivity contribution in [1.82, 2.24) is 15.0 Å². The Balaban J connectivity index is 1.32. The van der Waals surface area contributed by atoms with Gasteiger partial charge in [-0.25, -0.2) is 0 Å². The van der Waals surface area contributed by atoms with Crippen molar-refractivity contribution in [2.24, 2.45) is 5.92 Å². The number of para-hydroxylation sites is 1. The predicted octanol–water partition coefficient (Wildman–Crippen LogP) is 5.41. The largest absolute Gasteiger partial charge is 0.497 e. The van der Waals surface area contributed by atoms with Crippen molar-refractivity contribution in [3.63, 3.8) is 0 Å². The Labute approximate surface area is 295 Å². The summed E-state index contributed by atoms with van der Waals surface area (Å²) in [5.41, 5.74) is 2.44. The molecule has 1 spiro atoms. The second-order valence-electron chi connectivity index (χ2n) is 14.0. The van der Waals surface area contributed by atoms with Gasteiger partial charge < -0.3 is 24.2 Å². The minimum absolute atomic E-state index is 0.0343. The molecular weight excluding hydrogens is 649 g/mol. The zero-order valence-corrected chi connectivity index (χ0v) is 30.6. The molecule has 0 radical (unpaired) electrons. The highest BCUT2D eigenvalue weighted by molar-refractivity contribution is 6.91. The van der Waals surface area contributed by atoms with Gasteiger partial charge in [-0.1, -0.05) is 91.1 Å². The first-order valence-electron chi connectivity index (χ1n) is 17.5. The van der Waals surface area contributed by atoms with E-state index in [1.165, 1.54) is 12.3 Å². The minimum Gasteiger partial charge on any atom is -0.497 e. The van der Waals surface area contributed by atoms with Gasteiger partial charge in [-0.15, -0.1) is 5.10 Å². The summed E-state index contributed by atoms with van der Waals surface area (Å²) in [5, 5.41) is 20.4. The maximum atomic E-state index is 14.8. The van der Waals surface area contributed by atoms with E-state index >= 15 is 0 Å². The van der Waals surface area contributed by atoms with Gasteiger partial charge in [0.05, 0.1) is 52.3 Å². The number of hydrogen-bond donors (Lipinski definition) is 1. The Morgan fingerprint density at radius 1 is 1.00 bits per heavy atom. The highest BCUT2D eigenvalue weighted by atomic mass is 28.3. The van der Waals surface area contributed by atoms with Gasteiger partial charge in [0.25, 0.3) is 5.91 Å². The lowest BCUT2D eigenvalue weighted by Gasteiger charge is -2.37. The van der Waals surface area contributed by atoms with Crippen LogP contribution in [-0.4, -0.2) is 73.5 Å². The maximum Gasteiger partial charge on any atom is 0.305 e. The van der Waals surface area contributed by atoms with E-state index in [2.05, 4.69) is 42.5 Å². The molecule has 0 bridgehead atoms. The van der Waals surface area contributed by atoms with Crippen LogP contribution in [0.25, 0.3) is 0 Å². The molecule has 3 aromatic carbocycles. The molecule has 264 valence electrons. The van der Waals surface area contributed by atoms with Gasteiger partial charge in [0.2, 0.25) is 0 Å². The third-order valence-electron chi connectivity index (χ3n) is 10.9. The van der Waals surface area contributed by atoms with E-state index in [4.69, 9.17) is 14.2 Å². The maximum absolute atomic E-state index is 14.8. The number of unbranched alkanes of at least 4 members (excludes halogenated alkanes) is 1. The lowest BCUT2D eigenvalue weighted by molar-refractivity contribution is -0.146. The van der Waals surface area contributed by atoms with Crippen LogP contribution in [0.2, 0.25) is 18.6 Å². The van der Waals surface area contributed by atoms with Gasteiger partial charge in [-0.3, -0.25) is 14.3 Å². The molecule has 0 saturated carbocycles. The molecule has 1 fully saturated rings. The molecule has 10 nitrogen and oxygen atoms in total. The van der Waals surface area contributed by atoms with Crippen LogP contribution < -0.4 is 14.8 Å². The number of carbonyl (C=O) groups excluding carboxylic acids is 2. The first kappa shape index (κ1) is 35.5. The number of ether oxygens (including phenoxy) is 3. The fourth-order valence-corrected chi connectivity index (χ4v) is 12.4. The van der Waals surface area contributed by atoms with Crippen molar-refractivity contribution in [2.75, 3.05) is 32.3 Å². The number of carbonyl (C=O) groups is 2. The number of amides is 1. The summed E-state index contributed by atoms with van der Waals surface area (Å²) >= 11 is 0. The number of esters is 1. The number of methoxy groups -OCH3 is 2. The van der Waals surface area contributed by atoms with Crippen LogP contribution in [0.15, 0.2) is 85.1 Å². The molecule has 1 saturated heterocycles. The van der Waals surface area contributed by atoms with Gasteiger partial charge >= 0.3 is 5.97 Å². The zero-order valence-electron chi connectivity index (χ0n) is 29.6. The van der Waals surface area contributed by atoms with Crippen molar-refractivity contribution in [1.29, 1.82) is 0 Å². The van der Waals surface area contributed by atoms with Crippen molar-refractivity contribution in [3.05, 3.63) is 102 Å². The molecule has 6 rings (SSSR count). The van der Waals surface area contributed by atoms with E-state index in [1.54, 1.807) is 7.11 Å². The molecule has 4 aromatic rings. The molecule has 11 heteroatoms. The van der Waals surface area contributed by atoms with Crippen LogP contribution in [0.1, 0.15) is 55.3 Å². The van der Waals surface area contributed by atoms with E-state index in [9.17, 15) is 14.7 Å².